The summed E-state index contributed by atoms with van der Waals surface area (Å²) in [6, 6.07) is 7.60. The van der Waals surface area contributed by atoms with Crippen molar-refractivity contribution in [2.24, 2.45) is 11.7 Å². The number of carbonyl (C=O) groups excluding carboxylic acids is 1. The summed E-state index contributed by atoms with van der Waals surface area (Å²) in [5, 5.41) is 2.95. The van der Waals surface area contributed by atoms with Gasteiger partial charge in [-0.15, -0.1) is 0 Å². The molecule has 0 heterocycles. The topological polar surface area (TPSA) is 55.1 Å². The first-order valence-electron chi connectivity index (χ1n) is 6.34. The normalized spacial score (nSPS) is 27.8. The van der Waals surface area contributed by atoms with Gasteiger partial charge in [-0.05, 0) is 44.0 Å². The van der Waals surface area contributed by atoms with Crippen molar-refractivity contribution in [3.8, 4) is 0 Å². The Morgan fingerprint density at radius 1 is 1.39 bits per heavy atom. The number of halogens is 1. The quantitative estimate of drug-likeness (QED) is 0.880. The van der Waals surface area contributed by atoms with E-state index in [4.69, 9.17) is 5.73 Å². The Morgan fingerprint density at radius 2 is 2.06 bits per heavy atom. The lowest BCUT2D eigenvalue weighted by atomic mass is 9.74. The van der Waals surface area contributed by atoms with E-state index in [1.165, 1.54) is 0 Å². The summed E-state index contributed by atoms with van der Waals surface area (Å²) < 4.78 is 1.00. The first kappa shape index (κ1) is 13.6. The van der Waals surface area contributed by atoms with Crippen LogP contribution < -0.4 is 11.1 Å². The van der Waals surface area contributed by atoms with E-state index >= 15 is 0 Å². The zero-order valence-corrected chi connectivity index (χ0v) is 12.2. The van der Waals surface area contributed by atoms with Crippen molar-refractivity contribution in [2.75, 3.05) is 5.32 Å². The maximum Gasteiger partial charge on any atom is 0.229 e. The van der Waals surface area contributed by atoms with E-state index in [-0.39, 0.29) is 17.4 Å². The van der Waals surface area contributed by atoms with Crippen LogP contribution in [0.25, 0.3) is 0 Å². The van der Waals surface area contributed by atoms with Gasteiger partial charge in [0.1, 0.15) is 0 Å². The van der Waals surface area contributed by atoms with Gasteiger partial charge < -0.3 is 11.1 Å². The summed E-state index contributed by atoms with van der Waals surface area (Å²) >= 11 is 3.37. The molecule has 0 aliphatic heterocycles. The smallest absolute Gasteiger partial charge is 0.229 e. The Bertz CT molecular complexity index is 428. The molecule has 3 N–H and O–H groups in total. The first-order valence-corrected chi connectivity index (χ1v) is 7.14. The molecule has 2 atom stereocenters. The van der Waals surface area contributed by atoms with Crippen molar-refractivity contribution in [3.05, 3.63) is 28.7 Å². The molecular formula is C14H19BrN2O. The highest BCUT2D eigenvalue weighted by molar-refractivity contribution is 9.10. The van der Waals surface area contributed by atoms with Gasteiger partial charge in [-0.1, -0.05) is 28.8 Å². The van der Waals surface area contributed by atoms with E-state index < -0.39 is 0 Å². The largest absolute Gasteiger partial charge is 0.326 e. The summed E-state index contributed by atoms with van der Waals surface area (Å²) in [5.41, 5.74) is 6.68. The lowest BCUT2D eigenvalue weighted by molar-refractivity contribution is -0.122. The maximum absolute atomic E-state index is 12.3. The number of nitrogens with one attached hydrogen (secondary N) is 1. The Balaban J connectivity index is 2.05. The van der Waals surface area contributed by atoms with Crippen molar-refractivity contribution in [1.82, 2.24) is 0 Å². The van der Waals surface area contributed by atoms with E-state index in [1.54, 1.807) is 0 Å². The Labute approximate surface area is 116 Å². The van der Waals surface area contributed by atoms with Crippen LogP contribution in [0.15, 0.2) is 28.7 Å². The van der Waals surface area contributed by atoms with E-state index in [9.17, 15) is 4.79 Å². The predicted molar refractivity (Wildman–Crippen MR) is 77.3 cm³/mol. The van der Waals surface area contributed by atoms with Gasteiger partial charge in [0.15, 0.2) is 0 Å². The number of hydrogen-bond acceptors (Lipinski definition) is 2. The fourth-order valence-corrected chi connectivity index (χ4v) is 2.82. The Morgan fingerprint density at radius 3 is 2.67 bits per heavy atom. The Hall–Kier alpha value is -0.870. The monoisotopic (exact) mass is 310 g/mol. The van der Waals surface area contributed by atoms with Crippen LogP contribution in [0.4, 0.5) is 5.69 Å². The predicted octanol–water partition coefficient (Wildman–Crippen LogP) is 3.30. The molecule has 0 saturated heterocycles. The highest BCUT2D eigenvalue weighted by Gasteiger charge is 2.37. The molecule has 1 aromatic carbocycles. The van der Waals surface area contributed by atoms with Crippen LogP contribution in [0.5, 0.6) is 0 Å². The average molecular weight is 311 g/mol. The molecule has 0 aromatic heterocycles. The third-order valence-corrected chi connectivity index (χ3v) is 4.21. The van der Waals surface area contributed by atoms with Crippen molar-refractivity contribution in [1.29, 1.82) is 0 Å². The van der Waals surface area contributed by atoms with Crippen LogP contribution >= 0.6 is 15.9 Å². The van der Waals surface area contributed by atoms with Crippen molar-refractivity contribution in [3.63, 3.8) is 0 Å². The van der Waals surface area contributed by atoms with Gasteiger partial charge in [-0.25, -0.2) is 0 Å². The minimum absolute atomic E-state index is 0.0435. The third-order valence-electron chi connectivity index (χ3n) is 3.68. The summed E-state index contributed by atoms with van der Waals surface area (Å²) in [6.07, 6.45) is 4.01. The lowest BCUT2D eigenvalue weighted by Gasteiger charge is -2.37. The first-order chi connectivity index (χ1) is 8.49. The van der Waals surface area contributed by atoms with E-state index in [2.05, 4.69) is 21.2 Å². The van der Waals surface area contributed by atoms with Crippen molar-refractivity contribution < 1.29 is 4.79 Å². The molecule has 1 amide bonds. The van der Waals surface area contributed by atoms with Gasteiger partial charge in [0, 0.05) is 15.7 Å². The van der Waals surface area contributed by atoms with Gasteiger partial charge in [-0.2, -0.15) is 0 Å². The van der Waals surface area contributed by atoms with Gasteiger partial charge in [0.2, 0.25) is 5.91 Å². The van der Waals surface area contributed by atoms with Crippen LogP contribution in [-0.4, -0.2) is 11.4 Å². The van der Waals surface area contributed by atoms with Crippen LogP contribution in [0.2, 0.25) is 0 Å². The summed E-state index contributed by atoms with van der Waals surface area (Å²) in [7, 11) is 0. The van der Waals surface area contributed by atoms with Crippen LogP contribution in [0.3, 0.4) is 0 Å². The zero-order chi connectivity index (χ0) is 13.2. The molecule has 1 aliphatic carbocycles. The molecule has 0 spiro atoms. The van der Waals surface area contributed by atoms with Crippen LogP contribution in [0.1, 0.15) is 32.6 Å². The molecule has 3 nitrogen and oxygen atoms in total. The number of nitrogens with two attached hydrogens (primary N) is 1. The number of anilines is 1. The molecule has 98 valence electrons. The van der Waals surface area contributed by atoms with E-state index in [0.29, 0.717) is 0 Å². The van der Waals surface area contributed by atoms with Crippen molar-refractivity contribution in [2.45, 2.75) is 38.1 Å². The van der Waals surface area contributed by atoms with E-state index in [0.717, 1.165) is 35.8 Å². The molecule has 2 rings (SSSR count). The number of amides is 1. The highest BCUT2D eigenvalue weighted by atomic mass is 79.9. The molecular weight excluding hydrogens is 292 g/mol. The average Bonchev–Trinajstić information content (AvgIpc) is 2.31. The molecule has 1 saturated carbocycles. The van der Waals surface area contributed by atoms with Gasteiger partial charge in [-0.3, -0.25) is 4.79 Å². The highest BCUT2D eigenvalue weighted by Crippen LogP contribution is 2.32. The van der Waals surface area contributed by atoms with Gasteiger partial charge in [0.05, 0.1) is 5.92 Å². The van der Waals surface area contributed by atoms with Crippen LogP contribution in [0, 0.1) is 5.92 Å². The number of hydrogen-bond donors (Lipinski definition) is 2. The molecule has 18 heavy (non-hydrogen) atoms. The summed E-state index contributed by atoms with van der Waals surface area (Å²) in [4.78, 5) is 12.3. The molecule has 1 aromatic rings. The van der Waals surface area contributed by atoms with Crippen LogP contribution in [-0.2, 0) is 4.79 Å². The fraction of sp³-hybridized carbons (Fsp3) is 0.500. The van der Waals surface area contributed by atoms with Crippen molar-refractivity contribution >= 4 is 27.5 Å². The summed E-state index contributed by atoms with van der Waals surface area (Å²) in [6.45, 7) is 1.98. The number of rotatable bonds is 2. The second-order valence-electron chi connectivity index (χ2n) is 5.30. The number of benzene rings is 1. The van der Waals surface area contributed by atoms with Gasteiger partial charge in [0.25, 0.3) is 0 Å². The maximum atomic E-state index is 12.3. The SMILES string of the molecule is CC1(N)CCCCC1C(=O)Nc1ccc(Br)cc1. The fourth-order valence-electron chi connectivity index (χ4n) is 2.55. The second kappa shape index (κ2) is 5.41. The molecule has 1 aliphatic rings. The molecule has 1 fully saturated rings. The molecule has 0 bridgehead atoms. The Kier molecular flexibility index (Phi) is 4.07. The van der Waals surface area contributed by atoms with Gasteiger partial charge >= 0.3 is 0 Å². The lowest BCUT2D eigenvalue weighted by Crippen LogP contribution is -2.51. The third kappa shape index (κ3) is 3.12. The molecule has 4 heteroatoms. The van der Waals surface area contributed by atoms with E-state index in [1.807, 2.05) is 31.2 Å². The summed E-state index contributed by atoms with van der Waals surface area (Å²) in [5.74, 6) is -0.0445. The minimum atomic E-state index is -0.377. The minimum Gasteiger partial charge on any atom is -0.326 e. The standard InChI is InChI=1S/C14H19BrN2O/c1-14(16)9-3-2-4-12(14)13(18)17-11-7-5-10(15)6-8-11/h5-8,12H,2-4,9,16H2,1H3,(H,17,18). The molecule has 0 radical (unpaired) electrons. The number of carbonyl (C=O) groups is 1. The molecule has 2 unspecified atom stereocenters. The zero-order valence-electron chi connectivity index (χ0n) is 10.6. The second-order valence-corrected chi connectivity index (χ2v) is 6.22.